The molecule has 1 amide bonds. The number of aromatic amines is 1. The van der Waals surface area contributed by atoms with Crippen LogP contribution in [0.5, 0.6) is 5.75 Å². The molecule has 4 rings (SSSR count). The largest absolute Gasteiger partial charge is 0.496 e. The third-order valence-electron chi connectivity index (χ3n) is 6.21. The number of hydrogen-bond donors (Lipinski definition) is 1. The minimum absolute atomic E-state index is 0.126. The van der Waals surface area contributed by atoms with E-state index in [1.807, 2.05) is 87.5 Å². The van der Waals surface area contributed by atoms with Crippen LogP contribution in [0.2, 0.25) is 0 Å². The Morgan fingerprint density at radius 3 is 2.33 bits per heavy atom. The molecule has 0 atom stereocenters. The zero-order valence-electron chi connectivity index (χ0n) is 19.4. The van der Waals surface area contributed by atoms with Crippen molar-refractivity contribution >= 4 is 16.8 Å². The molecule has 0 aliphatic heterocycles. The molecule has 0 bridgehead atoms. The Kier molecular flexibility index (Phi) is 6.31. The van der Waals surface area contributed by atoms with Crippen molar-refractivity contribution in [2.45, 2.75) is 33.9 Å². The van der Waals surface area contributed by atoms with E-state index in [2.05, 4.69) is 4.98 Å². The fraction of sp³-hybridized carbons (Fsp3) is 0.214. The van der Waals surface area contributed by atoms with Gasteiger partial charge in [0.05, 0.1) is 19.2 Å². The fourth-order valence-corrected chi connectivity index (χ4v) is 4.12. The van der Waals surface area contributed by atoms with Crippen LogP contribution >= 0.6 is 0 Å². The lowest BCUT2D eigenvalue weighted by molar-refractivity contribution is 0.0727. The third-order valence-corrected chi connectivity index (χ3v) is 6.21. The zero-order valence-corrected chi connectivity index (χ0v) is 19.4. The van der Waals surface area contributed by atoms with Gasteiger partial charge in [0.25, 0.3) is 11.5 Å². The Balaban J connectivity index is 1.77. The number of para-hydroxylation sites is 1. The van der Waals surface area contributed by atoms with Crippen molar-refractivity contribution in [3.8, 4) is 5.75 Å². The van der Waals surface area contributed by atoms with Gasteiger partial charge in [0.2, 0.25) is 0 Å². The van der Waals surface area contributed by atoms with Gasteiger partial charge in [0, 0.05) is 23.2 Å². The molecule has 168 valence electrons. The highest BCUT2D eigenvalue weighted by Crippen LogP contribution is 2.24. The number of nitrogens with zero attached hydrogens (tertiary/aromatic N) is 1. The third kappa shape index (κ3) is 4.53. The first kappa shape index (κ1) is 22.3. The molecule has 1 heterocycles. The van der Waals surface area contributed by atoms with E-state index in [0.29, 0.717) is 23.4 Å². The molecule has 3 aromatic carbocycles. The Morgan fingerprint density at radius 1 is 0.879 bits per heavy atom. The first-order valence-electron chi connectivity index (χ1n) is 11.0. The van der Waals surface area contributed by atoms with Crippen LogP contribution < -0.4 is 10.3 Å². The van der Waals surface area contributed by atoms with Crippen LogP contribution in [0.25, 0.3) is 10.9 Å². The van der Waals surface area contributed by atoms with Gasteiger partial charge in [-0.1, -0.05) is 48.5 Å². The van der Waals surface area contributed by atoms with Crippen LogP contribution in [0.4, 0.5) is 0 Å². The number of pyridine rings is 1. The molecule has 0 unspecified atom stereocenters. The molecule has 0 saturated heterocycles. The average molecular weight is 441 g/mol. The van der Waals surface area contributed by atoms with Crippen LogP contribution in [-0.2, 0) is 13.1 Å². The fourth-order valence-electron chi connectivity index (χ4n) is 4.12. The minimum atomic E-state index is -0.182. The van der Waals surface area contributed by atoms with Gasteiger partial charge in [-0.2, -0.15) is 0 Å². The van der Waals surface area contributed by atoms with Gasteiger partial charge < -0.3 is 14.6 Å². The molecule has 0 aliphatic rings. The molecule has 1 N–H and O–H groups in total. The minimum Gasteiger partial charge on any atom is -0.496 e. The summed E-state index contributed by atoms with van der Waals surface area (Å²) < 4.78 is 5.51. The van der Waals surface area contributed by atoms with E-state index in [0.717, 1.165) is 33.2 Å². The van der Waals surface area contributed by atoms with Gasteiger partial charge >= 0.3 is 0 Å². The van der Waals surface area contributed by atoms with E-state index in [4.69, 9.17) is 4.74 Å². The summed E-state index contributed by atoms with van der Waals surface area (Å²) in [5.41, 5.74) is 5.77. The van der Waals surface area contributed by atoms with Gasteiger partial charge in [-0.05, 0) is 61.0 Å². The van der Waals surface area contributed by atoms with Gasteiger partial charge in [-0.25, -0.2) is 0 Å². The molecule has 5 heteroatoms. The number of H-pyrrole nitrogens is 1. The molecule has 33 heavy (non-hydrogen) atoms. The predicted octanol–water partition coefficient (Wildman–Crippen LogP) is 5.30. The Bertz CT molecular complexity index is 1390. The highest BCUT2D eigenvalue weighted by atomic mass is 16.5. The smallest absolute Gasteiger partial charge is 0.254 e. The van der Waals surface area contributed by atoms with Gasteiger partial charge in [-0.15, -0.1) is 0 Å². The summed E-state index contributed by atoms with van der Waals surface area (Å²) >= 11 is 0. The second-order valence-electron chi connectivity index (χ2n) is 8.38. The van der Waals surface area contributed by atoms with Gasteiger partial charge in [-0.3, -0.25) is 9.59 Å². The van der Waals surface area contributed by atoms with E-state index in [9.17, 15) is 9.59 Å². The first-order valence-corrected chi connectivity index (χ1v) is 11.0. The van der Waals surface area contributed by atoms with Crippen molar-refractivity contribution in [2.75, 3.05) is 7.11 Å². The van der Waals surface area contributed by atoms with E-state index in [-0.39, 0.29) is 18.0 Å². The lowest BCUT2D eigenvalue weighted by atomic mass is 10.0. The van der Waals surface area contributed by atoms with E-state index >= 15 is 0 Å². The molecule has 0 radical (unpaired) electrons. The Hall–Kier alpha value is -3.86. The van der Waals surface area contributed by atoms with Crippen molar-refractivity contribution in [3.63, 3.8) is 0 Å². The first-order chi connectivity index (χ1) is 15.9. The Labute approximate surface area is 193 Å². The summed E-state index contributed by atoms with van der Waals surface area (Å²) in [6, 6.07) is 21.1. The molecular weight excluding hydrogens is 412 g/mol. The molecule has 5 nitrogen and oxygen atoms in total. The number of amides is 1. The summed E-state index contributed by atoms with van der Waals surface area (Å²) in [5, 5.41) is 0.952. The highest BCUT2D eigenvalue weighted by molar-refractivity contribution is 5.95. The highest BCUT2D eigenvalue weighted by Gasteiger charge is 2.21. The van der Waals surface area contributed by atoms with Crippen LogP contribution in [0, 0.1) is 20.8 Å². The van der Waals surface area contributed by atoms with E-state index in [1.54, 1.807) is 12.0 Å². The predicted molar refractivity (Wildman–Crippen MR) is 132 cm³/mol. The van der Waals surface area contributed by atoms with Crippen molar-refractivity contribution in [3.05, 3.63) is 110 Å². The van der Waals surface area contributed by atoms with Crippen molar-refractivity contribution in [1.82, 2.24) is 9.88 Å². The van der Waals surface area contributed by atoms with Gasteiger partial charge in [0.1, 0.15) is 5.75 Å². The van der Waals surface area contributed by atoms with E-state index in [1.165, 1.54) is 0 Å². The van der Waals surface area contributed by atoms with E-state index < -0.39 is 0 Å². The summed E-state index contributed by atoms with van der Waals surface area (Å²) in [6.45, 7) is 6.45. The molecule has 4 aromatic rings. The molecule has 0 aliphatic carbocycles. The Morgan fingerprint density at radius 2 is 1.58 bits per heavy atom. The molecule has 0 spiro atoms. The second-order valence-corrected chi connectivity index (χ2v) is 8.38. The molecular formula is C28H28N2O3. The maximum atomic E-state index is 13.6. The number of fused-ring (bicyclic) bond motifs is 1. The molecule has 0 saturated carbocycles. The second kappa shape index (κ2) is 9.33. The molecule has 0 fully saturated rings. The average Bonchev–Trinajstić information content (AvgIpc) is 2.82. The number of aromatic nitrogens is 1. The normalized spacial score (nSPS) is 10.9. The SMILES string of the molecule is COc1ccccc1CN(Cc1cc2ccc(C)c(C)c2[nH]c1=O)C(=O)c1ccccc1C. The van der Waals surface area contributed by atoms with Crippen molar-refractivity contribution < 1.29 is 9.53 Å². The summed E-state index contributed by atoms with van der Waals surface area (Å²) in [4.78, 5) is 31.4. The van der Waals surface area contributed by atoms with Crippen LogP contribution in [0.1, 0.15) is 38.2 Å². The lowest BCUT2D eigenvalue weighted by Gasteiger charge is -2.24. The summed E-state index contributed by atoms with van der Waals surface area (Å²) in [6.07, 6.45) is 0. The topological polar surface area (TPSA) is 62.4 Å². The summed E-state index contributed by atoms with van der Waals surface area (Å²) in [7, 11) is 1.62. The van der Waals surface area contributed by atoms with Crippen molar-refractivity contribution in [1.29, 1.82) is 0 Å². The number of ether oxygens (including phenoxy) is 1. The number of carbonyl (C=O) groups excluding carboxylic acids is 1. The number of benzene rings is 3. The van der Waals surface area contributed by atoms with Crippen LogP contribution in [0.3, 0.4) is 0 Å². The number of carbonyl (C=O) groups is 1. The number of rotatable bonds is 6. The molecule has 1 aromatic heterocycles. The summed E-state index contributed by atoms with van der Waals surface area (Å²) in [5.74, 6) is 0.581. The number of nitrogens with one attached hydrogen (secondary N) is 1. The standard InChI is InChI=1S/C28H28N2O3/c1-18-13-14-21-15-23(27(31)29-26(21)20(18)3)17-30(16-22-10-6-8-12-25(22)33-4)28(32)24-11-7-5-9-19(24)2/h5-15H,16-17H2,1-4H3,(H,29,31). The zero-order chi connectivity index (χ0) is 23.5. The maximum absolute atomic E-state index is 13.6. The quantitative estimate of drug-likeness (QED) is 0.442. The van der Waals surface area contributed by atoms with Crippen LogP contribution in [-0.4, -0.2) is 22.9 Å². The number of hydrogen-bond acceptors (Lipinski definition) is 3. The monoisotopic (exact) mass is 440 g/mol. The number of aryl methyl sites for hydroxylation is 3. The van der Waals surface area contributed by atoms with Gasteiger partial charge in [0.15, 0.2) is 0 Å². The lowest BCUT2D eigenvalue weighted by Crippen LogP contribution is -2.33. The van der Waals surface area contributed by atoms with Crippen molar-refractivity contribution in [2.24, 2.45) is 0 Å². The van der Waals surface area contributed by atoms with Crippen LogP contribution in [0.15, 0.2) is 71.5 Å². The maximum Gasteiger partial charge on any atom is 0.254 e. The number of methoxy groups -OCH3 is 1.